The summed E-state index contributed by atoms with van der Waals surface area (Å²) in [6.07, 6.45) is 0. The Labute approximate surface area is 58.2 Å². The van der Waals surface area contributed by atoms with E-state index in [2.05, 4.69) is 26.2 Å². The lowest BCUT2D eigenvalue weighted by Gasteiger charge is -2.21. The van der Waals surface area contributed by atoms with Crippen LogP contribution in [0.25, 0.3) is 0 Å². The molecule has 0 aliphatic carbocycles. The van der Waals surface area contributed by atoms with Crippen LogP contribution in [0, 0.1) is 5.92 Å². The zero-order valence-corrected chi connectivity index (χ0v) is 7.10. The number of hydrogen-bond donors (Lipinski definition) is 1. The van der Waals surface area contributed by atoms with Gasteiger partial charge in [-0.1, -0.05) is 13.8 Å². The fraction of sp³-hybridized carbons (Fsp3) is 1.00. The van der Waals surface area contributed by atoms with E-state index in [0.717, 1.165) is 0 Å². The van der Waals surface area contributed by atoms with Crippen LogP contribution in [0.3, 0.4) is 0 Å². The second kappa shape index (κ2) is 3.85. The highest BCUT2D eigenvalue weighted by atomic mass is 15.5. The van der Waals surface area contributed by atoms with Crippen LogP contribution in [-0.4, -0.2) is 25.1 Å². The third-order valence-corrected chi connectivity index (χ3v) is 1.46. The molecule has 0 aromatic carbocycles. The van der Waals surface area contributed by atoms with E-state index < -0.39 is 0 Å². The maximum atomic E-state index is 3.28. The molecular formula is C7H18N2. The predicted molar refractivity (Wildman–Crippen MR) is 41.1 cm³/mol. The second-order valence-electron chi connectivity index (χ2n) is 3.06. The van der Waals surface area contributed by atoms with Crippen LogP contribution in [0.1, 0.15) is 20.8 Å². The van der Waals surface area contributed by atoms with Crippen LogP contribution in [0.15, 0.2) is 0 Å². The van der Waals surface area contributed by atoms with E-state index in [4.69, 9.17) is 0 Å². The standard InChI is InChI=1S/C7H18N2/c1-6(2)7(3)8-9(4)5/h6-8H,1-5H3/t7-/m1/s1. The predicted octanol–water partition coefficient (Wildman–Crippen LogP) is 1.10. The van der Waals surface area contributed by atoms with E-state index in [1.807, 2.05) is 19.1 Å². The Morgan fingerprint density at radius 3 is 1.67 bits per heavy atom. The Morgan fingerprint density at radius 2 is 1.56 bits per heavy atom. The first kappa shape index (κ1) is 8.92. The van der Waals surface area contributed by atoms with Gasteiger partial charge >= 0.3 is 0 Å². The summed E-state index contributed by atoms with van der Waals surface area (Å²) in [5, 5.41) is 1.99. The average molecular weight is 130 g/mol. The van der Waals surface area contributed by atoms with Gasteiger partial charge in [0.15, 0.2) is 0 Å². The summed E-state index contributed by atoms with van der Waals surface area (Å²) < 4.78 is 0. The van der Waals surface area contributed by atoms with E-state index >= 15 is 0 Å². The van der Waals surface area contributed by atoms with Gasteiger partial charge in [0, 0.05) is 20.1 Å². The van der Waals surface area contributed by atoms with Crippen LogP contribution in [-0.2, 0) is 0 Å². The third kappa shape index (κ3) is 4.43. The average Bonchev–Trinajstić information content (AvgIpc) is 1.63. The topological polar surface area (TPSA) is 15.3 Å². The van der Waals surface area contributed by atoms with E-state index in [1.54, 1.807) is 0 Å². The van der Waals surface area contributed by atoms with E-state index in [1.165, 1.54) is 0 Å². The summed E-state index contributed by atoms with van der Waals surface area (Å²) in [7, 11) is 4.03. The van der Waals surface area contributed by atoms with Gasteiger partial charge in [-0.15, -0.1) is 0 Å². The van der Waals surface area contributed by atoms with Crippen molar-refractivity contribution in [3.05, 3.63) is 0 Å². The minimum Gasteiger partial charge on any atom is -0.253 e. The van der Waals surface area contributed by atoms with Gasteiger partial charge < -0.3 is 0 Å². The number of rotatable bonds is 3. The Bertz CT molecular complexity index is 69.3. The van der Waals surface area contributed by atoms with Gasteiger partial charge in [-0.25, -0.2) is 0 Å². The first-order chi connectivity index (χ1) is 4.04. The van der Waals surface area contributed by atoms with Gasteiger partial charge in [0.1, 0.15) is 0 Å². The molecule has 0 saturated carbocycles. The molecule has 0 fully saturated rings. The number of hydrogen-bond acceptors (Lipinski definition) is 2. The lowest BCUT2D eigenvalue weighted by molar-refractivity contribution is 0.219. The summed E-state index contributed by atoms with van der Waals surface area (Å²) in [6, 6.07) is 0.569. The molecule has 0 aromatic heterocycles. The van der Waals surface area contributed by atoms with Crippen LogP contribution < -0.4 is 5.43 Å². The fourth-order valence-electron chi connectivity index (χ4n) is 0.556. The fourth-order valence-corrected chi connectivity index (χ4v) is 0.556. The van der Waals surface area contributed by atoms with Crippen LogP contribution in [0.5, 0.6) is 0 Å². The lowest BCUT2D eigenvalue weighted by atomic mass is 10.1. The quantitative estimate of drug-likeness (QED) is 0.575. The first-order valence-electron chi connectivity index (χ1n) is 3.47. The molecule has 0 aromatic rings. The molecule has 9 heavy (non-hydrogen) atoms. The van der Waals surface area contributed by atoms with Gasteiger partial charge in [0.2, 0.25) is 0 Å². The van der Waals surface area contributed by atoms with Crippen molar-refractivity contribution in [2.24, 2.45) is 5.92 Å². The SMILES string of the molecule is CC(C)[C@@H](C)NN(C)C. The minimum atomic E-state index is 0.569. The summed E-state index contributed by atoms with van der Waals surface area (Å²) >= 11 is 0. The van der Waals surface area contributed by atoms with Crippen molar-refractivity contribution in [2.75, 3.05) is 14.1 Å². The molecule has 0 aliphatic heterocycles. The summed E-state index contributed by atoms with van der Waals surface area (Å²) in [5.74, 6) is 0.701. The molecule has 0 unspecified atom stereocenters. The number of hydrazine groups is 1. The van der Waals surface area contributed by atoms with Crippen molar-refractivity contribution >= 4 is 0 Å². The van der Waals surface area contributed by atoms with Crippen molar-refractivity contribution in [1.82, 2.24) is 10.4 Å². The molecule has 2 heteroatoms. The Morgan fingerprint density at radius 1 is 1.11 bits per heavy atom. The van der Waals surface area contributed by atoms with Crippen molar-refractivity contribution in [3.8, 4) is 0 Å². The monoisotopic (exact) mass is 130 g/mol. The molecule has 56 valence electrons. The highest BCUT2D eigenvalue weighted by Crippen LogP contribution is 1.98. The van der Waals surface area contributed by atoms with Crippen molar-refractivity contribution in [3.63, 3.8) is 0 Å². The normalized spacial score (nSPS) is 15.0. The maximum absolute atomic E-state index is 3.28. The first-order valence-corrected chi connectivity index (χ1v) is 3.47. The molecule has 1 atom stereocenters. The van der Waals surface area contributed by atoms with E-state index in [9.17, 15) is 0 Å². The van der Waals surface area contributed by atoms with Gasteiger partial charge in [-0.05, 0) is 12.8 Å². The van der Waals surface area contributed by atoms with Crippen LogP contribution in [0.2, 0.25) is 0 Å². The largest absolute Gasteiger partial charge is 0.253 e. The van der Waals surface area contributed by atoms with Gasteiger partial charge in [-0.3, -0.25) is 10.4 Å². The second-order valence-corrected chi connectivity index (χ2v) is 3.06. The summed E-state index contributed by atoms with van der Waals surface area (Å²) in [6.45, 7) is 6.60. The highest BCUT2D eigenvalue weighted by molar-refractivity contribution is 4.60. The molecule has 1 N–H and O–H groups in total. The van der Waals surface area contributed by atoms with Gasteiger partial charge in [0.25, 0.3) is 0 Å². The molecule has 0 amide bonds. The van der Waals surface area contributed by atoms with Crippen LogP contribution >= 0.6 is 0 Å². The Kier molecular flexibility index (Phi) is 3.82. The molecular weight excluding hydrogens is 112 g/mol. The zero-order chi connectivity index (χ0) is 7.44. The van der Waals surface area contributed by atoms with E-state index in [-0.39, 0.29) is 0 Å². The minimum absolute atomic E-state index is 0.569. The molecule has 0 aliphatic rings. The molecule has 0 spiro atoms. The van der Waals surface area contributed by atoms with E-state index in [0.29, 0.717) is 12.0 Å². The summed E-state index contributed by atoms with van der Waals surface area (Å²) in [5.41, 5.74) is 3.28. The molecule has 0 saturated heterocycles. The molecule has 0 bridgehead atoms. The van der Waals surface area contributed by atoms with Crippen LogP contribution in [0.4, 0.5) is 0 Å². The Hall–Kier alpha value is -0.0800. The lowest BCUT2D eigenvalue weighted by Crippen LogP contribution is -2.40. The third-order valence-electron chi connectivity index (χ3n) is 1.46. The van der Waals surface area contributed by atoms with Crippen molar-refractivity contribution in [2.45, 2.75) is 26.8 Å². The Balaban J connectivity index is 3.38. The molecule has 0 rings (SSSR count). The maximum Gasteiger partial charge on any atom is 0.0209 e. The smallest absolute Gasteiger partial charge is 0.0209 e. The number of nitrogens with one attached hydrogen (secondary N) is 1. The van der Waals surface area contributed by atoms with Crippen molar-refractivity contribution in [1.29, 1.82) is 0 Å². The van der Waals surface area contributed by atoms with Crippen molar-refractivity contribution < 1.29 is 0 Å². The van der Waals surface area contributed by atoms with Gasteiger partial charge in [0.05, 0.1) is 0 Å². The molecule has 0 heterocycles. The number of nitrogens with zero attached hydrogens (tertiary/aromatic N) is 1. The molecule has 0 radical (unpaired) electrons. The molecule has 2 nitrogen and oxygen atoms in total. The highest BCUT2D eigenvalue weighted by Gasteiger charge is 2.05. The van der Waals surface area contributed by atoms with Gasteiger partial charge in [-0.2, -0.15) is 0 Å². The summed E-state index contributed by atoms with van der Waals surface area (Å²) in [4.78, 5) is 0. The zero-order valence-electron chi connectivity index (χ0n) is 7.10.